The van der Waals surface area contributed by atoms with Gasteiger partial charge in [-0.25, -0.2) is 0 Å². The summed E-state index contributed by atoms with van der Waals surface area (Å²) in [6, 6.07) is 4.01. The third-order valence-corrected chi connectivity index (χ3v) is 2.56. The van der Waals surface area contributed by atoms with E-state index in [4.69, 9.17) is 0 Å². The number of likely N-dealkylation sites (N-methyl/N-ethyl adjacent to an activating group) is 1. The van der Waals surface area contributed by atoms with Gasteiger partial charge < -0.3 is 10.2 Å². The lowest BCUT2D eigenvalue weighted by Gasteiger charge is -2.13. The van der Waals surface area contributed by atoms with E-state index in [0.29, 0.717) is 13.1 Å². The molecule has 0 aliphatic carbocycles. The molecule has 6 nitrogen and oxygen atoms in total. The van der Waals surface area contributed by atoms with Crippen LogP contribution in [0.3, 0.4) is 0 Å². The molecule has 1 aromatic heterocycles. The maximum Gasteiger partial charge on any atom is 0.236 e. The van der Waals surface area contributed by atoms with Crippen molar-refractivity contribution in [2.45, 2.75) is 13.1 Å². The Morgan fingerprint density at radius 2 is 2.00 bits per heavy atom. The number of aromatic nitrogens is 1. The molecule has 0 fully saturated rings. The minimum atomic E-state index is 0.0606. The average Bonchev–Trinajstić information content (AvgIpc) is 2.36. The first-order valence-electron chi connectivity index (χ1n) is 6.24. The van der Waals surface area contributed by atoms with Gasteiger partial charge in [0, 0.05) is 47.5 Å². The van der Waals surface area contributed by atoms with Crippen LogP contribution in [-0.2, 0) is 17.9 Å². The summed E-state index contributed by atoms with van der Waals surface area (Å²) >= 11 is 0. The SMILES string of the molecule is CN(C)NCc1ccnc(CNCC(=O)N(C)C)c1. The number of hydrogen-bond acceptors (Lipinski definition) is 5. The van der Waals surface area contributed by atoms with Crippen molar-refractivity contribution in [3.05, 3.63) is 29.6 Å². The number of nitrogens with zero attached hydrogens (tertiary/aromatic N) is 3. The standard InChI is InChI=1S/C13H23N5O/c1-17(2)13(19)10-14-9-12-7-11(5-6-15-12)8-16-18(3)4/h5-7,14,16H,8-10H2,1-4H3. The molecule has 19 heavy (non-hydrogen) atoms. The van der Waals surface area contributed by atoms with Crippen LogP contribution in [-0.4, -0.2) is 55.5 Å². The molecule has 1 amide bonds. The molecule has 0 saturated heterocycles. The number of rotatable bonds is 7. The summed E-state index contributed by atoms with van der Waals surface area (Å²) in [5, 5.41) is 5.00. The minimum absolute atomic E-state index is 0.0606. The number of hydrazine groups is 1. The van der Waals surface area contributed by atoms with Crippen LogP contribution in [0.2, 0.25) is 0 Å². The molecule has 106 valence electrons. The third-order valence-electron chi connectivity index (χ3n) is 2.56. The summed E-state index contributed by atoms with van der Waals surface area (Å²) in [6.45, 7) is 1.68. The van der Waals surface area contributed by atoms with Crippen molar-refractivity contribution in [3.8, 4) is 0 Å². The van der Waals surface area contributed by atoms with Crippen LogP contribution in [0.1, 0.15) is 11.3 Å². The number of carbonyl (C=O) groups excluding carboxylic acids is 1. The Bertz CT molecular complexity index is 406. The fourth-order valence-corrected chi connectivity index (χ4v) is 1.44. The first kappa shape index (κ1) is 15.6. The largest absolute Gasteiger partial charge is 0.348 e. The lowest BCUT2D eigenvalue weighted by atomic mass is 10.2. The molecule has 0 saturated carbocycles. The minimum Gasteiger partial charge on any atom is -0.348 e. The number of pyridine rings is 1. The molecule has 0 aromatic carbocycles. The quantitative estimate of drug-likeness (QED) is 0.670. The van der Waals surface area contributed by atoms with Crippen molar-refractivity contribution < 1.29 is 4.79 Å². The van der Waals surface area contributed by atoms with Gasteiger partial charge in [0.15, 0.2) is 0 Å². The molecule has 1 heterocycles. The van der Waals surface area contributed by atoms with E-state index in [9.17, 15) is 4.79 Å². The molecule has 2 N–H and O–H groups in total. The van der Waals surface area contributed by atoms with Crippen LogP contribution in [0, 0.1) is 0 Å². The highest BCUT2D eigenvalue weighted by Gasteiger charge is 2.03. The van der Waals surface area contributed by atoms with Crippen LogP contribution < -0.4 is 10.7 Å². The fourth-order valence-electron chi connectivity index (χ4n) is 1.44. The van der Waals surface area contributed by atoms with Gasteiger partial charge in [-0.15, -0.1) is 0 Å². The van der Waals surface area contributed by atoms with E-state index in [2.05, 4.69) is 15.7 Å². The number of nitrogens with one attached hydrogen (secondary N) is 2. The van der Waals surface area contributed by atoms with Crippen LogP contribution in [0.4, 0.5) is 0 Å². The van der Waals surface area contributed by atoms with Crippen molar-refractivity contribution in [2.24, 2.45) is 0 Å². The predicted molar refractivity (Wildman–Crippen MR) is 75.2 cm³/mol. The van der Waals surface area contributed by atoms with Gasteiger partial charge in [-0.3, -0.25) is 20.2 Å². The van der Waals surface area contributed by atoms with E-state index in [1.807, 2.05) is 31.2 Å². The molecule has 0 bridgehead atoms. The predicted octanol–water partition coefficient (Wildman–Crippen LogP) is -0.174. The van der Waals surface area contributed by atoms with E-state index in [1.54, 1.807) is 25.2 Å². The molecule has 0 unspecified atom stereocenters. The molecule has 0 aliphatic heterocycles. The van der Waals surface area contributed by atoms with E-state index in [-0.39, 0.29) is 5.91 Å². The molecular formula is C13H23N5O. The summed E-state index contributed by atoms with van der Waals surface area (Å²) < 4.78 is 0. The van der Waals surface area contributed by atoms with Gasteiger partial charge in [0.05, 0.1) is 12.2 Å². The van der Waals surface area contributed by atoms with Gasteiger partial charge in [-0.2, -0.15) is 0 Å². The van der Waals surface area contributed by atoms with E-state index in [1.165, 1.54) is 5.56 Å². The lowest BCUT2D eigenvalue weighted by Crippen LogP contribution is -2.32. The van der Waals surface area contributed by atoms with Gasteiger partial charge in [0.25, 0.3) is 0 Å². The second-order valence-electron chi connectivity index (χ2n) is 4.78. The lowest BCUT2D eigenvalue weighted by molar-refractivity contribution is -0.127. The summed E-state index contributed by atoms with van der Waals surface area (Å²) in [5.41, 5.74) is 5.30. The Labute approximate surface area is 114 Å². The third kappa shape index (κ3) is 6.28. The van der Waals surface area contributed by atoms with Gasteiger partial charge >= 0.3 is 0 Å². The van der Waals surface area contributed by atoms with Crippen molar-refractivity contribution in [2.75, 3.05) is 34.7 Å². The second-order valence-corrected chi connectivity index (χ2v) is 4.78. The molecule has 0 atom stereocenters. The van der Waals surface area contributed by atoms with Gasteiger partial charge in [-0.05, 0) is 17.7 Å². The topological polar surface area (TPSA) is 60.5 Å². The molecule has 1 rings (SSSR count). The Morgan fingerprint density at radius 1 is 1.26 bits per heavy atom. The zero-order chi connectivity index (χ0) is 14.3. The van der Waals surface area contributed by atoms with Crippen LogP contribution >= 0.6 is 0 Å². The van der Waals surface area contributed by atoms with Crippen LogP contribution in [0.5, 0.6) is 0 Å². The second kappa shape index (κ2) is 7.83. The number of hydrogen-bond donors (Lipinski definition) is 2. The van der Waals surface area contributed by atoms with Crippen LogP contribution in [0.15, 0.2) is 18.3 Å². The first-order valence-corrected chi connectivity index (χ1v) is 6.24. The van der Waals surface area contributed by atoms with Crippen molar-refractivity contribution in [1.82, 2.24) is 25.6 Å². The summed E-state index contributed by atoms with van der Waals surface area (Å²) in [6.07, 6.45) is 1.79. The van der Waals surface area contributed by atoms with E-state index >= 15 is 0 Å². The summed E-state index contributed by atoms with van der Waals surface area (Å²) in [4.78, 5) is 17.3. The van der Waals surface area contributed by atoms with Gasteiger partial charge in [0.2, 0.25) is 5.91 Å². The first-order chi connectivity index (χ1) is 8.99. The zero-order valence-electron chi connectivity index (χ0n) is 12.1. The Morgan fingerprint density at radius 3 is 2.63 bits per heavy atom. The van der Waals surface area contributed by atoms with Crippen molar-refractivity contribution in [1.29, 1.82) is 0 Å². The highest BCUT2D eigenvalue weighted by Crippen LogP contribution is 2.01. The Hall–Kier alpha value is -1.50. The molecule has 1 aromatic rings. The van der Waals surface area contributed by atoms with E-state index in [0.717, 1.165) is 12.2 Å². The summed E-state index contributed by atoms with van der Waals surface area (Å²) in [7, 11) is 7.40. The number of carbonyl (C=O) groups is 1. The van der Waals surface area contributed by atoms with Gasteiger partial charge in [0.1, 0.15) is 0 Å². The maximum absolute atomic E-state index is 11.4. The van der Waals surface area contributed by atoms with Crippen LogP contribution in [0.25, 0.3) is 0 Å². The highest BCUT2D eigenvalue weighted by molar-refractivity contribution is 5.77. The molecule has 0 radical (unpaired) electrons. The number of amides is 1. The Balaban J connectivity index is 2.42. The normalized spacial score (nSPS) is 10.8. The van der Waals surface area contributed by atoms with Gasteiger partial charge in [-0.1, -0.05) is 0 Å². The molecule has 0 aliphatic rings. The summed E-state index contributed by atoms with van der Waals surface area (Å²) in [5.74, 6) is 0.0606. The molecular weight excluding hydrogens is 242 g/mol. The van der Waals surface area contributed by atoms with E-state index < -0.39 is 0 Å². The highest BCUT2D eigenvalue weighted by atomic mass is 16.2. The zero-order valence-corrected chi connectivity index (χ0v) is 12.1. The molecule has 0 spiro atoms. The monoisotopic (exact) mass is 265 g/mol. The smallest absolute Gasteiger partial charge is 0.236 e. The van der Waals surface area contributed by atoms with Crippen molar-refractivity contribution >= 4 is 5.91 Å². The molecule has 6 heteroatoms. The average molecular weight is 265 g/mol. The maximum atomic E-state index is 11.4. The fraction of sp³-hybridized carbons (Fsp3) is 0.538. The Kier molecular flexibility index (Phi) is 6.41. The van der Waals surface area contributed by atoms with Crippen molar-refractivity contribution in [3.63, 3.8) is 0 Å².